The molecule has 1 atom stereocenters. The number of rotatable bonds is 8. The molecular weight excluding hydrogens is 438 g/mol. The van der Waals surface area contributed by atoms with E-state index in [1.165, 1.54) is 17.3 Å². The third-order valence-electron chi connectivity index (χ3n) is 4.41. The number of hydrogen-bond donors (Lipinski definition) is 0. The van der Waals surface area contributed by atoms with Crippen molar-refractivity contribution in [3.05, 3.63) is 76.1 Å². The van der Waals surface area contributed by atoms with E-state index in [4.69, 9.17) is 4.42 Å². The predicted octanol–water partition coefficient (Wildman–Crippen LogP) is 4.93. The lowest BCUT2D eigenvalue weighted by Gasteiger charge is -2.17. The van der Waals surface area contributed by atoms with Crippen LogP contribution in [0.1, 0.15) is 29.9 Å². The first kappa shape index (κ1) is 20.6. The molecule has 3 aromatic rings. The van der Waals surface area contributed by atoms with Crippen LogP contribution >= 0.6 is 27.7 Å². The fourth-order valence-corrected chi connectivity index (χ4v) is 3.88. The second-order valence-electron chi connectivity index (χ2n) is 6.61. The molecule has 0 aliphatic carbocycles. The zero-order chi connectivity index (χ0) is 19.9. The third kappa shape index (κ3) is 5.69. The van der Waals surface area contributed by atoms with Gasteiger partial charge in [-0.1, -0.05) is 83.1 Å². The van der Waals surface area contributed by atoms with Gasteiger partial charge >= 0.3 is 0 Å². The van der Waals surface area contributed by atoms with Gasteiger partial charge in [-0.05, 0) is 23.1 Å². The first-order chi connectivity index (χ1) is 13.5. The number of amides is 1. The highest BCUT2D eigenvalue weighted by molar-refractivity contribution is 9.10. The summed E-state index contributed by atoms with van der Waals surface area (Å²) < 4.78 is 6.70. The lowest BCUT2D eigenvalue weighted by atomic mass is 9.98. The van der Waals surface area contributed by atoms with Gasteiger partial charge in [0.15, 0.2) is 0 Å². The van der Waals surface area contributed by atoms with Crippen LogP contribution < -0.4 is 0 Å². The molecule has 0 saturated heterocycles. The van der Waals surface area contributed by atoms with Crippen LogP contribution in [0.4, 0.5) is 0 Å². The minimum Gasteiger partial charge on any atom is -0.416 e. The molecule has 1 amide bonds. The number of carbonyl (C=O) groups is 1. The van der Waals surface area contributed by atoms with Crippen molar-refractivity contribution in [2.75, 3.05) is 12.8 Å². The highest BCUT2D eigenvalue weighted by Gasteiger charge is 2.16. The van der Waals surface area contributed by atoms with Crippen LogP contribution in [0, 0.1) is 0 Å². The van der Waals surface area contributed by atoms with Gasteiger partial charge in [0.05, 0.1) is 5.75 Å². The summed E-state index contributed by atoms with van der Waals surface area (Å²) >= 11 is 4.78. The molecule has 2 aromatic carbocycles. The topological polar surface area (TPSA) is 59.2 Å². The van der Waals surface area contributed by atoms with E-state index in [1.807, 2.05) is 42.5 Å². The third-order valence-corrected chi connectivity index (χ3v) is 5.98. The monoisotopic (exact) mass is 459 g/mol. The molecule has 28 heavy (non-hydrogen) atoms. The minimum absolute atomic E-state index is 0.0122. The molecular formula is C21H22BrN3O2S. The number of thioether (sulfide) groups is 1. The Bertz CT molecular complexity index is 917. The Hall–Kier alpha value is -2.12. The molecule has 0 N–H and O–H groups in total. The van der Waals surface area contributed by atoms with Crippen LogP contribution in [0.15, 0.2) is 68.7 Å². The van der Waals surface area contributed by atoms with Crippen molar-refractivity contribution in [3.63, 3.8) is 0 Å². The lowest BCUT2D eigenvalue weighted by molar-refractivity contribution is -0.127. The summed E-state index contributed by atoms with van der Waals surface area (Å²) in [6.07, 6.45) is 0.674. The van der Waals surface area contributed by atoms with Crippen LogP contribution in [0.25, 0.3) is 0 Å². The molecule has 3 rings (SSSR count). The normalized spacial score (nSPS) is 12.0. The maximum atomic E-state index is 12.4. The van der Waals surface area contributed by atoms with Crippen LogP contribution in [0.5, 0.6) is 0 Å². The van der Waals surface area contributed by atoms with Crippen LogP contribution in [-0.4, -0.2) is 33.8 Å². The lowest BCUT2D eigenvalue weighted by Crippen LogP contribution is -2.27. The second-order valence-corrected chi connectivity index (χ2v) is 8.39. The molecule has 0 aliphatic rings. The summed E-state index contributed by atoms with van der Waals surface area (Å²) in [6.45, 7) is 2.68. The number of halogens is 1. The van der Waals surface area contributed by atoms with Gasteiger partial charge in [0, 0.05) is 24.5 Å². The largest absolute Gasteiger partial charge is 0.416 e. The molecule has 0 fully saturated rings. The Morgan fingerprint density at radius 2 is 1.86 bits per heavy atom. The first-order valence-corrected chi connectivity index (χ1v) is 10.8. The standard InChI is InChI=1S/C21H22BrN3O2S/c1-15(16-8-4-3-5-9-16)12-19-23-24-21(27-19)28-14-20(26)25(2)13-17-10-6-7-11-18(17)22/h3-11,15H,12-14H2,1-2H3. The van der Waals surface area contributed by atoms with Crippen molar-refractivity contribution < 1.29 is 9.21 Å². The molecule has 0 saturated carbocycles. The Balaban J connectivity index is 1.49. The van der Waals surface area contributed by atoms with E-state index >= 15 is 0 Å². The zero-order valence-corrected chi connectivity index (χ0v) is 18.2. The molecule has 1 unspecified atom stereocenters. The molecule has 1 aromatic heterocycles. The van der Waals surface area contributed by atoms with E-state index in [2.05, 4.69) is 45.2 Å². The van der Waals surface area contributed by atoms with Gasteiger partial charge in [-0.3, -0.25) is 4.79 Å². The highest BCUT2D eigenvalue weighted by atomic mass is 79.9. The van der Waals surface area contributed by atoms with Gasteiger partial charge in [0.25, 0.3) is 5.22 Å². The van der Waals surface area contributed by atoms with Gasteiger partial charge in [-0.15, -0.1) is 10.2 Å². The number of benzene rings is 2. The Morgan fingerprint density at radius 1 is 1.14 bits per heavy atom. The average molecular weight is 460 g/mol. The molecule has 5 nitrogen and oxygen atoms in total. The smallest absolute Gasteiger partial charge is 0.277 e. The zero-order valence-electron chi connectivity index (χ0n) is 15.8. The van der Waals surface area contributed by atoms with Crippen LogP contribution in [-0.2, 0) is 17.8 Å². The quantitative estimate of drug-likeness (QED) is 0.447. The Morgan fingerprint density at radius 3 is 2.61 bits per heavy atom. The van der Waals surface area contributed by atoms with Gasteiger partial charge in [0.1, 0.15) is 0 Å². The molecule has 146 valence electrons. The number of aromatic nitrogens is 2. The summed E-state index contributed by atoms with van der Waals surface area (Å²) in [7, 11) is 1.79. The molecule has 0 radical (unpaired) electrons. The van der Waals surface area contributed by atoms with Crippen molar-refractivity contribution >= 4 is 33.6 Å². The SMILES string of the molecule is CC(Cc1nnc(SCC(=O)N(C)Cc2ccccc2Br)o1)c1ccccc1. The average Bonchev–Trinajstić information content (AvgIpc) is 3.15. The molecule has 0 aliphatic heterocycles. The summed E-state index contributed by atoms with van der Waals surface area (Å²) in [6, 6.07) is 18.1. The summed E-state index contributed by atoms with van der Waals surface area (Å²) in [4.78, 5) is 14.1. The van der Waals surface area contributed by atoms with Gasteiger partial charge < -0.3 is 9.32 Å². The minimum atomic E-state index is 0.0122. The second kappa shape index (κ2) is 9.89. The van der Waals surface area contributed by atoms with Gasteiger partial charge in [-0.25, -0.2) is 0 Å². The van der Waals surface area contributed by atoms with Crippen LogP contribution in [0.2, 0.25) is 0 Å². The van der Waals surface area contributed by atoms with Crippen molar-refractivity contribution in [2.45, 2.75) is 31.0 Å². The van der Waals surface area contributed by atoms with Gasteiger partial charge in [0.2, 0.25) is 11.8 Å². The summed E-state index contributed by atoms with van der Waals surface area (Å²) in [5.74, 6) is 1.15. The molecule has 1 heterocycles. The fourth-order valence-electron chi connectivity index (χ4n) is 2.74. The highest BCUT2D eigenvalue weighted by Crippen LogP contribution is 2.23. The van der Waals surface area contributed by atoms with E-state index in [1.54, 1.807) is 11.9 Å². The first-order valence-electron chi connectivity index (χ1n) is 9.00. The predicted molar refractivity (Wildman–Crippen MR) is 114 cm³/mol. The summed E-state index contributed by atoms with van der Waals surface area (Å²) in [5, 5.41) is 8.60. The number of nitrogens with zero attached hydrogens (tertiary/aromatic N) is 3. The van der Waals surface area contributed by atoms with Gasteiger partial charge in [-0.2, -0.15) is 0 Å². The van der Waals surface area contributed by atoms with E-state index in [9.17, 15) is 4.79 Å². The fraction of sp³-hybridized carbons (Fsp3) is 0.286. The summed E-state index contributed by atoms with van der Waals surface area (Å²) in [5.41, 5.74) is 2.30. The van der Waals surface area contributed by atoms with Crippen molar-refractivity contribution in [2.24, 2.45) is 0 Å². The molecule has 0 bridgehead atoms. The molecule has 7 heteroatoms. The molecule has 0 spiro atoms. The number of carbonyl (C=O) groups excluding carboxylic acids is 1. The maximum Gasteiger partial charge on any atom is 0.277 e. The maximum absolute atomic E-state index is 12.4. The Labute approximate surface area is 177 Å². The number of hydrogen-bond acceptors (Lipinski definition) is 5. The van der Waals surface area contributed by atoms with Crippen molar-refractivity contribution in [3.8, 4) is 0 Å². The van der Waals surface area contributed by atoms with E-state index in [-0.39, 0.29) is 17.6 Å². The Kier molecular flexibility index (Phi) is 7.28. The van der Waals surface area contributed by atoms with E-state index in [0.717, 1.165) is 10.0 Å². The van der Waals surface area contributed by atoms with E-state index < -0.39 is 0 Å². The van der Waals surface area contributed by atoms with Crippen molar-refractivity contribution in [1.82, 2.24) is 15.1 Å². The van der Waals surface area contributed by atoms with Crippen molar-refractivity contribution in [1.29, 1.82) is 0 Å². The van der Waals surface area contributed by atoms with E-state index in [0.29, 0.717) is 24.1 Å². The van der Waals surface area contributed by atoms with Crippen LogP contribution in [0.3, 0.4) is 0 Å².